The second-order valence-corrected chi connectivity index (χ2v) is 7.95. The summed E-state index contributed by atoms with van der Waals surface area (Å²) in [5.74, 6) is -0.640. The minimum atomic E-state index is -0.463. The standard InChI is InChI=1S/C22H25N3O5S/c1-4-30-21(29)18-13(2)19(23-14(18)3)17(27)12-31-22-24-16-9-6-5-8-15(16)20(28)25(22)10-7-11-26/h5-6,8-9,23,26H,4,7,10-12H2,1-3H3. The van der Waals surface area contributed by atoms with Crippen LogP contribution in [0.1, 0.15) is 45.4 Å². The molecule has 3 aromatic rings. The molecular formula is C22H25N3O5S. The third kappa shape index (κ3) is 4.72. The zero-order valence-corrected chi connectivity index (χ0v) is 18.5. The molecule has 0 radical (unpaired) electrons. The number of hydrogen-bond acceptors (Lipinski definition) is 7. The molecule has 0 bridgehead atoms. The van der Waals surface area contributed by atoms with Gasteiger partial charge in [-0.3, -0.25) is 14.2 Å². The monoisotopic (exact) mass is 443 g/mol. The maximum absolute atomic E-state index is 12.9. The van der Waals surface area contributed by atoms with Crippen molar-refractivity contribution >= 4 is 34.4 Å². The van der Waals surface area contributed by atoms with Gasteiger partial charge < -0.3 is 14.8 Å². The third-order valence-electron chi connectivity index (χ3n) is 4.89. The number of carbonyl (C=O) groups is 2. The summed E-state index contributed by atoms with van der Waals surface area (Å²) >= 11 is 1.16. The van der Waals surface area contributed by atoms with Crippen molar-refractivity contribution in [3.05, 3.63) is 57.1 Å². The van der Waals surface area contributed by atoms with Crippen molar-refractivity contribution in [1.29, 1.82) is 0 Å². The first-order valence-corrected chi connectivity index (χ1v) is 11.0. The Balaban J connectivity index is 1.89. The van der Waals surface area contributed by atoms with E-state index in [0.29, 0.717) is 51.5 Å². The number of hydrogen-bond donors (Lipinski definition) is 2. The lowest BCUT2D eigenvalue weighted by Gasteiger charge is -2.12. The minimum absolute atomic E-state index is 0.0347. The zero-order chi connectivity index (χ0) is 22.5. The number of aliphatic hydroxyl groups is 1. The van der Waals surface area contributed by atoms with Crippen LogP contribution in [-0.4, -0.2) is 50.4 Å². The van der Waals surface area contributed by atoms with E-state index < -0.39 is 5.97 Å². The van der Waals surface area contributed by atoms with Crippen molar-refractivity contribution < 1.29 is 19.4 Å². The molecule has 0 aliphatic carbocycles. The van der Waals surface area contributed by atoms with Crippen LogP contribution in [0.3, 0.4) is 0 Å². The summed E-state index contributed by atoms with van der Waals surface area (Å²) in [5.41, 5.74) is 2.19. The maximum Gasteiger partial charge on any atom is 0.340 e. The second kappa shape index (κ2) is 9.93. The Labute approximate surface area is 183 Å². The molecule has 3 rings (SSSR count). The van der Waals surface area contributed by atoms with E-state index in [4.69, 9.17) is 4.74 Å². The number of aromatic amines is 1. The van der Waals surface area contributed by atoms with Crippen LogP contribution in [0, 0.1) is 13.8 Å². The van der Waals surface area contributed by atoms with Gasteiger partial charge in [0.15, 0.2) is 10.9 Å². The molecule has 1 aromatic carbocycles. The number of para-hydroxylation sites is 1. The number of esters is 1. The summed E-state index contributed by atoms with van der Waals surface area (Å²) < 4.78 is 6.57. The smallest absolute Gasteiger partial charge is 0.340 e. The number of ether oxygens (including phenoxy) is 1. The number of aromatic nitrogens is 3. The van der Waals surface area contributed by atoms with Gasteiger partial charge in [0.05, 0.1) is 34.5 Å². The number of carbonyl (C=O) groups excluding carboxylic acids is 2. The van der Waals surface area contributed by atoms with E-state index in [1.807, 2.05) is 0 Å². The van der Waals surface area contributed by atoms with Crippen LogP contribution < -0.4 is 5.56 Å². The summed E-state index contributed by atoms with van der Waals surface area (Å²) in [4.78, 5) is 45.5. The van der Waals surface area contributed by atoms with Crippen molar-refractivity contribution in [1.82, 2.24) is 14.5 Å². The molecule has 9 heteroatoms. The number of fused-ring (bicyclic) bond motifs is 1. The highest BCUT2D eigenvalue weighted by Crippen LogP contribution is 2.23. The van der Waals surface area contributed by atoms with Gasteiger partial charge >= 0.3 is 5.97 Å². The number of aryl methyl sites for hydroxylation is 1. The van der Waals surface area contributed by atoms with Gasteiger partial charge in [0.2, 0.25) is 0 Å². The molecule has 164 valence electrons. The lowest BCUT2D eigenvalue weighted by molar-refractivity contribution is 0.0525. The summed E-state index contributed by atoms with van der Waals surface area (Å²) in [5, 5.41) is 10.1. The van der Waals surface area contributed by atoms with E-state index in [-0.39, 0.29) is 30.3 Å². The summed E-state index contributed by atoms with van der Waals surface area (Å²) in [6.07, 6.45) is 0.402. The first-order chi connectivity index (χ1) is 14.9. The summed E-state index contributed by atoms with van der Waals surface area (Å²) in [6.45, 7) is 5.66. The molecule has 0 spiro atoms. The molecule has 0 amide bonds. The third-order valence-corrected chi connectivity index (χ3v) is 5.87. The number of ketones is 1. The van der Waals surface area contributed by atoms with Gasteiger partial charge in [-0.15, -0.1) is 0 Å². The predicted octanol–water partition coefficient (Wildman–Crippen LogP) is 2.88. The van der Waals surface area contributed by atoms with Gasteiger partial charge in [-0.25, -0.2) is 9.78 Å². The number of nitrogens with zero attached hydrogens (tertiary/aromatic N) is 2. The quantitative estimate of drug-likeness (QED) is 0.226. The van der Waals surface area contributed by atoms with Crippen LogP contribution in [0.5, 0.6) is 0 Å². The average molecular weight is 444 g/mol. The predicted molar refractivity (Wildman–Crippen MR) is 119 cm³/mol. The van der Waals surface area contributed by atoms with Crippen LogP contribution in [0.15, 0.2) is 34.2 Å². The van der Waals surface area contributed by atoms with E-state index in [9.17, 15) is 19.5 Å². The van der Waals surface area contributed by atoms with E-state index in [0.717, 1.165) is 11.8 Å². The number of H-pyrrole nitrogens is 1. The Morgan fingerprint density at radius 3 is 2.71 bits per heavy atom. The fourth-order valence-electron chi connectivity index (χ4n) is 3.42. The van der Waals surface area contributed by atoms with E-state index >= 15 is 0 Å². The van der Waals surface area contributed by atoms with Crippen molar-refractivity contribution in [2.75, 3.05) is 19.0 Å². The Morgan fingerprint density at radius 2 is 2.00 bits per heavy atom. The number of thioether (sulfide) groups is 1. The number of rotatable bonds is 9. The van der Waals surface area contributed by atoms with Crippen molar-refractivity contribution in [3.8, 4) is 0 Å². The van der Waals surface area contributed by atoms with Crippen LogP contribution in [0.4, 0.5) is 0 Å². The lowest BCUT2D eigenvalue weighted by Crippen LogP contribution is -2.24. The maximum atomic E-state index is 12.9. The molecule has 0 unspecified atom stereocenters. The summed E-state index contributed by atoms with van der Waals surface area (Å²) in [7, 11) is 0. The highest BCUT2D eigenvalue weighted by Gasteiger charge is 2.23. The van der Waals surface area contributed by atoms with E-state index in [2.05, 4.69) is 9.97 Å². The molecule has 8 nitrogen and oxygen atoms in total. The van der Waals surface area contributed by atoms with Gasteiger partial charge in [0.1, 0.15) is 0 Å². The lowest BCUT2D eigenvalue weighted by atomic mass is 10.1. The SMILES string of the molecule is CCOC(=O)c1c(C)[nH]c(C(=O)CSc2nc3ccccc3c(=O)n2CCCO)c1C. The minimum Gasteiger partial charge on any atom is -0.462 e. The van der Waals surface area contributed by atoms with Gasteiger partial charge in [-0.05, 0) is 44.9 Å². The Hall–Kier alpha value is -2.91. The molecule has 2 N–H and O–H groups in total. The molecule has 0 saturated heterocycles. The first kappa shape index (κ1) is 22.8. The number of nitrogens with one attached hydrogen (secondary N) is 1. The van der Waals surface area contributed by atoms with Gasteiger partial charge in [0, 0.05) is 18.8 Å². The number of Topliss-reactive ketones (excluding diaryl/α,β-unsaturated/α-hetero) is 1. The van der Waals surface area contributed by atoms with Crippen LogP contribution in [-0.2, 0) is 11.3 Å². The van der Waals surface area contributed by atoms with Crippen LogP contribution >= 0.6 is 11.8 Å². The van der Waals surface area contributed by atoms with E-state index in [1.54, 1.807) is 45.0 Å². The summed E-state index contributed by atoms with van der Waals surface area (Å²) in [6, 6.07) is 7.04. The molecule has 0 atom stereocenters. The van der Waals surface area contributed by atoms with Gasteiger partial charge in [-0.1, -0.05) is 23.9 Å². The van der Waals surface area contributed by atoms with Gasteiger partial charge in [0.25, 0.3) is 5.56 Å². The van der Waals surface area contributed by atoms with Crippen molar-refractivity contribution in [2.45, 2.75) is 38.9 Å². The van der Waals surface area contributed by atoms with Crippen molar-refractivity contribution in [2.24, 2.45) is 0 Å². The topological polar surface area (TPSA) is 114 Å². The molecule has 0 aliphatic rings. The number of aliphatic hydroxyl groups excluding tert-OH is 1. The second-order valence-electron chi connectivity index (χ2n) is 7.00. The average Bonchev–Trinajstić information content (AvgIpc) is 3.05. The van der Waals surface area contributed by atoms with Crippen LogP contribution in [0.2, 0.25) is 0 Å². The Bertz CT molecular complexity index is 1180. The normalized spacial score (nSPS) is 11.1. The van der Waals surface area contributed by atoms with Gasteiger partial charge in [-0.2, -0.15) is 0 Å². The molecule has 2 aromatic heterocycles. The van der Waals surface area contributed by atoms with Crippen LogP contribution in [0.25, 0.3) is 10.9 Å². The molecule has 31 heavy (non-hydrogen) atoms. The largest absolute Gasteiger partial charge is 0.462 e. The Morgan fingerprint density at radius 1 is 1.26 bits per heavy atom. The molecule has 2 heterocycles. The zero-order valence-electron chi connectivity index (χ0n) is 17.7. The van der Waals surface area contributed by atoms with E-state index in [1.165, 1.54) is 4.57 Å². The first-order valence-electron chi connectivity index (χ1n) is 10.0. The fourth-order valence-corrected chi connectivity index (χ4v) is 4.32. The molecule has 0 aliphatic heterocycles. The van der Waals surface area contributed by atoms with Crippen molar-refractivity contribution in [3.63, 3.8) is 0 Å². The Kier molecular flexibility index (Phi) is 7.29. The number of benzene rings is 1. The molecular weight excluding hydrogens is 418 g/mol. The molecule has 0 fully saturated rings. The highest BCUT2D eigenvalue weighted by atomic mass is 32.2. The fraction of sp³-hybridized carbons (Fsp3) is 0.364. The highest BCUT2D eigenvalue weighted by molar-refractivity contribution is 7.99. The molecule has 0 saturated carbocycles.